The summed E-state index contributed by atoms with van der Waals surface area (Å²) in [5.41, 5.74) is 0.0652. The van der Waals surface area contributed by atoms with Crippen LogP contribution >= 0.6 is 0 Å². The topological polar surface area (TPSA) is 49.8 Å². The fourth-order valence-corrected chi connectivity index (χ4v) is 2.91. The molecule has 2 rings (SSSR count). The van der Waals surface area contributed by atoms with Crippen LogP contribution in [0.3, 0.4) is 0 Å². The number of β-amino-alcohol motifs (C(OH)–C–C–N with tert-alkyl or cyclic N) is 1. The molecular weight excluding hydrogens is 266 g/mol. The number of carbonyl (C=O) groups excluding carboxylic acids is 1. The molecule has 1 aromatic carbocycles. The molecule has 0 saturated carbocycles. The van der Waals surface area contributed by atoms with Gasteiger partial charge in [0.15, 0.2) is 0 Å². The van der Waals surface area contributed by atoms with Crippen LogP contribution in [-0.2, 0) is 15.1 Å². The maximum Gasteiger partial charge on any atom is 0.309 e. The number of hydrogen-bond acceptors (Lipinski definition) is 4. The van der Waals surface area contributed by atoms with Crippen molar-refractivity contribution in [2.45, 2.75) is 32.3 Å². The van der Waals surface area contributed by atoms with E-state index in [4.69, 9.17) is 4.74 Å². The number of likely N-dealkylation sites (tertiary alicyclic amines) is 1. The van der Waals surface area contributed by atoms with E-state index in [2.05, 4.69) is 4.90 Å². The van der Waals surface area contributed by atoms with Crippen LogP contribution in [0.1, 0.15) is 32.3 Å². The van der Waals surface area contributed by atoms with Crippen molar-refractivity contribution in [3.8, 4) is 0 Å². The number of hydrogen-bond donors (Lipinski definition) is 1. The lowest BCUT2D eigenvalue weighted by Crippen LogP contribution is -2.44. The lowest BCUT2D eigenvalue weighted by Gasteiger charge is -2.36. The number of aliphatic hydroxyl groups is 1. The van der Waals surface area contributed by atoms with E-state index in [1.54, 1.807) is 0 Å². The molecule has 0 amide bonds. The minimum Gasteiger partial charge on any atom is -0.466 e. The molecule has 1 saturated heterocycles. The fourth-order valence-electron chi connectivity index (χ4n) is 2.91. The molecular formula is C17H25NO3. The normalized spacial score (nSPS) is 20.0. The van der Waals surface area contributed by atoms with Crippen molar-refractivity contribution in [2.75, 3.05) is 26.2 Å². The van der Waals surface area contributed by atoms with Gasteiger partial charge in [-0.15, -0.1) is 0 Å². The molecule has 21 heavy (non-hydrogen) atoms. The van der Waals surface area contributed by atoms with E-state index >= 15 is 0 Å². The molecule has 1 aromatic rings. The standard InChI is InChI=1S/C17H25NO3/c1-3-21-16(19)14-9-11-18(12-10-14)13-17(2,20)15-7-5-4-6-8-15/h4-8,14,20H,3,9-13H2,1-2H3/t17-/m0/s1. The number of esters is 1. The van der Waals surface area contributed by atoms with Gasteiger partial charge in [0.1, 0.15) is 0 Å². The summed E-state index contributed by atoms with van der Waals surface area (Å²) >= 11 is 0. The lowest BCUT2D eigenvalue weighted by atomic mass is 9.92. The van der Waals surface area contributed by atoms with Gasteiger partial charge in [-0.2, -0.15) is 0 Å². The largest absolute Gasteiger partial charge is 0.466 e. The molecule has 0 unspecified atom stereocenters. The zero-order valence-electron chi connectivity index (χ0n) is 12.9. The van der Waals surface area contributed by atoms with Crippen molar-refractivity contribution in [1.29, 1.82) is 0 Å². The van der Waals surface area contributed by atoms with Gasteiger partial charge >= 0.3 is 5.97 Å². The Morgan fingerprint density at radius 1 is 1.33 bits per heavy atom. The molecule has 1 aliphatic rings. The van der Waals surface area contributed by atoms with E-state index in [1.807, 2.05) is 44.2 Å². The Labute approximate surface area is 126 Å². The minimum atomic E-state index is -0.863. The Bertz CT molecular complexity index is 450. The first-order valence-corrected chi connectivity index (χ1v) is 7.70. The third-order valence-corrected chi connectivity index (χ3v) is 4.13. The quantitative estimate of drug-likeness (QED) is 0.845. The van der Waals surface area contributed by atoms with E-state index in [9.17, 15) is 9.90 Å². The van der Waals surface area contributed by atoms with Crippen molar-refractivity contribution >= 4 is 5.97 Å². The van der Waals surface area contributed by atoms with Gasteiger partial charge in [0.2, 0.25) is 0 Å². The van der Waals surface area contributed by atoms with Crippen LogP contribution < -0.4 is 0 Å². The predicted octanol–water partition coefficient (Wildman–Crippen LogP) is 2.17. The third-order valence-electron chi connectivity index (χ3n) is 4.13. The molecule has 1 heterocycles. The second-order valence-corrected chi connectivity index (χ2v) is 5.94. The molecule has 0 aromatic heterocycles. The van der Waals surface area contributed by atoms with E-state index in [0.29, 0.717) is 13.2 Å². The molecule has 0 spiro atoms. The molecule has 116 valence electrons. The van der Waals surface area contributed by atoms with Gasteiger partial charge in [-0.1, -0.05) is 30.3 Å². The summed E-state index contributed by atoms with van der Waals surface area (Å²) < 4.78 is 5.08. The zero-order chi connectivity index (χ0) is 15.3. The van der Waals surface area contributed by atoms with Crippen LogP contribution in [0.15, 0.2) is 30.3 Å². The van der Waals surface area contributed by atoms with Crippen LogP contribution in [-0.4, -0.2) is 42.2 Å². The predicted molar refractivity (Wildman–Crippen MR) is 81.8 cm³/mol. The summed E-state index contributed by atoms with van der Waals surface area (Å²) in [5, 5.41) is 10.7. The third kappa shape index (κ3) is 4.29. The first-order chi connectivity index (χ1) is 10.0. The van der Waals surface area contributed by atoms with Crippen molar-refractivity contribution in [2.24, 2.45) is 5.92 Å². The maximum absolute atomic E-state index is 11.7. The number of carbonyl (C=O) groups is 1. The second kappa shape index (κ2) is 7.05. The number of benzene rings is 1. The minimum absolute atomic E-state index is 0.0166. The Morgan fingerprint density at radius 2 is 1.95 bits per heavy atom. The lowest BCUT2D eigenvalue weighted by molar-refractivity contribution is -0.149. The van der Waals surface area contributed by atoms with Crippen molar-refractivity contribution in [1.82, 2.24) is 4.90 Å². The first kappa shape index (κ1) is 16.0. The molecule has 4 nitrogen and oxygen atoms in total. The van der Waals surface area contributed by atoms with Gasteiger partial charge in [-0.05, 0) is 45.3 Å². The number of piperidine rings is 1. The average Bonchev–Trinajstić information content (AvgIpc) is 2.49. The molecule has 0 bridgehead atoms. The van der Waals surface area contributed by atoms with Crippen LogP contribution in [0.5, 0.6) is 0 Å². The highest BCUT2D eigenvalue weighted by Crippen LogP contribution is 2.25. The number of rotatable bonds is 5. The van der Waals surface area contributed by atoms with E-state index in [-0.39, 0.29) is 11.9 Å². The molecule has 1 fully saturated rings. The summed E-state index contributed by atoms with van der Waals surface area (Å²) in [7, 11) is 0. The van der Waals surface area contributed by atoms with Crippen LogP contribution in [0, 0.1) is 5.92 Å². The SMILES string of the molecule is CCOC(=O)C1CCN(C[C@](C)(O)c2ccccc2)CC1. The van der Waals surface area contributed by atoms with E-state index < -0.39 is 5.60 Å². The highest BCUT2D eigenvalue weighted by molar-refractivity contribution is 5.72. The fraction of sp³-hybridized carbons (Fsp3) is 0.588. The highest BCUT2D eigenvalue weighted by Gasteiger charge is 2.31. The first-order valence-electron chi connectivity index (χ1n) is 7.70. The summed E-state index contributed by atoms with van der Waals surface area (Å²) in [4.78, 5) is 13.9. The number of nitrogens with zero attached hydrogens (tertiary/aromatic N) is 1. The molecule has 4 heteroatoms. The number of ether oxygens (including phenoxy) is 1. The second-order valence-electron chi connectivity index (χ2n) is 5.94. The maximum atomic E-state index is 11.7. The van der Waals surface area contributed by atoms with Gasteiger partial charge in [0, 0.05) is 6.54 Å². The van der Waals surface area contributed by atoms with Crippen LogP contribution in [0.25, 0.3) is 0 Å². The highest BCUT2D eigenvalue weighted by atomic mass is 16.5. The summed E-state index contributed by atoms with van der Waals surface area (Å²) in [6, 6.07) is 9.73. The van der Waals surface area contributed by atoms with Crippen LogP contribution in [0.2, 0.25) is 0 Å². The monoisotopic (exact) mass is 291 g/mol. The molecule has 1 N–H and O–H groups in total. The molecule has 1 aliphatic heterocycles. The van der Waals surface area contributed by atoms with Gasteiger partial charge in [-0.3, -0.25) is 4.79 Å². The molecule has 0 radical (unpaired) electrons. The van der Waals surface area contributed by atoms with Crippen molar-refractivity contribution in [3.05, 3.63) is 35.9 Å². The van der Waals surface area contributed by atoms with Crippen molar-refractivity contribution in [3.63, 3.8) is 0 Å². The Kier molecular flexibility index (Phi) is 5.37. The van der Waals surface area contributed by atoms with Gasteiger partial charge < -0.3 is 14.7 Å². The summed E-state index contributed by atoms with van der Waals surface area (Å²) in [6.45, 7) is 6.37. The molecule has 0 aliphatic carbocycles. The van der Waals surface area contributed by atoms with Gasteiger partial charge in [0.05, 0.1) is 18.1 Å². The van der Waals surface area contributed by atoms with Crippen LogP contribution in [0.4, 0.5) is 0 Å². The molecule has 1 atom stereocenters. The Morgan fingerprint density at radius 3 is 2.52 bits per heavy atom. The van der Waals surface area contributed by atoms with Gasteiger partial charge in [-0.25, -0.2) is 0 Å². The Balaban J connectivity index is 1.87. The average molecular weight is 291 g/mol. The van der Waals surface area contributed by atoms with E-state index in [1.165, 1.54) is 0 Å². The summed E-state index contributed by atoms with van der Waals surface area (Å²) in [6.07, 6.45) is 1.62. The zero-order valence-corrected chi connectivity index (χ0v) is 12.9. The van der Waals surface area contributed by atoms with E-state index in [0.717, 1.165) is 31.5 Å². The summed E-state index contributed by atoms with van der Waals surface area (Å²) in [5.74, 6) is -0.0603. The Hall–Kier alpha value is -1.39. The van der Waals surface area contributed by atoms with Gasteiger partial charge in [0.25, 0.3) is 0 Å². The smallest absolute Gasteiger partial charge is 0.309 e. The van der Waals surface area contributed by atoms with Crippen molar-refractivity contribution < 1.29 is 14.6 Å².